The first-order valence-electron chi connectivity index (χ1n) is 4.90. The van der Waals surface area contributed by atoms with E-state index in [1.165, 1.54) is 12.1 Å². The monoisotopic (exact) mass is 292 g/mol. The lowest BCUT2D eigenvalue weighted by Gasteiger charge is -2.06. The lowest BCUT2D eigenvalue weighted by Crippen LogP contribution is -2.37. The Labute approximate surface area is 112 Å². The predicted molar refractivity (Wildman–Crippen MR) is 65.7 cm³/mol. The second-order valence-corrected chi connectivity index (χ2v) is 4.25. The van der Waals surface area contributed by atoms with Crippen molar-refractivity contribution in [1.82, 2.24) is 20.8 Å². The van der Waals surface area contributed by atoms with Crippen LogP contribution < -0.4 is 16.2 Å². The lowest BCUT2D eigenvalue weighted by molar-refractivity contribution is -0.119. The van der Waals surface area contributed by atoms with Gasteiger partial charge in [0.25, 0.3) is 17.4 Å². The van der Waals surface area contributed by atoms with Crippen molar-refractivity contribution in [2.45, 2.75) is 4.84 Å². The molecule has 3 N–H and O–H groups in total. The number of nitrogens with one attached hydrogen (secondary N) is 3. The Kier molecular flexibility index (Phi) is 5.60. The molecule has 0 aliphatic rings. The molecule has 0 aromatic carbocycles. The third kappa shape index (κ3) is 4.72. The zero-order chi connectivity index (χ0) is 13.5. The molecule has 1 aromatic heterocycles. The minimum Gasteiger partial charge on any atom is -0.352 e. The first-order chi connectivity index (χ1) is 8.50. The molecule has 1 heterocycles. The second kappa shape index (κ2) is 6.97. The van der Waals surface area contributed by atoms with Crippen molar-refractivity contribution < 1.29 is 9.59 Å². The van der Waals surface area contributed by atoms with Gasteiger partial charge >= 0.3 is 0 Å². The number of alkyl halides is 2. The highest BCUT2D eigenvalue weighted by molar-refractivity contribution is 6.53. The van der Waals surface area contributed by atoms with E-state index in [9.17, 15) is 14.4 Å². The molecule has 9 heteroatoms. The molecule has 0 saturated carbocycles. The van der Waals surface area contributed by atoms with Gasteiger partial charge in [0, 0.05) is 19.2 Å². The van der Waals surface area contributed by atoms with Gasteiger partial charge in [-0.25, -0.2) is 5.10 Å². The third-order valence-corrected chi connectivity index (χ3v) is 2.22. The number of rotatable bonds is 5. The van der Waals surface area contributed by atoms with E-state index in [1.807, 2.05) is 0 Å². The van der Waals surface area contributed by atoms with Gasteiger partial charge in [-0.15, -0.1) is 0 Å². The van der Waals surface area contributed by atoms with Gasteiger partial charge in [0.15, 0.2) is 4.84 Å². The number of hydrogen-bond donors (Lipinski definition) is 3. The van der Waals surface area contributed by atoms with E-state index in [-0.39, 0.29) is 18.8 Å². The number of nitrogens with zero attached hydrogens (tertiary/aromatic N) is 1. The first kappa shape index (κ1) is 14.5. The quantitative estimate of drug-likeness (QED) is 0.499. The number of aromatic amines is 1. The summed E-state index contributed by atoms with van der Waals surface area (Å²) < 4.78 is 0. The Bertz CT molecular complexity index is 468. The average Bonchev–Trinajstić information content (AvgIpc) is 2.34. The van der Waals surface area contributed by atoms with Gasteiger partial charge in [0.1, 0.15) is 5.69 Å². The van der Waals surface area contributed by atoms with Gasteiger partial charge in [-0.1, -0.05) is 23.2 Å². The Morgan fingerprint density at radius 2 is 1.94 bits per heavy atom. The standard InChI is InChI=1S/C9H10Cl2N4O3/c10-7(11)9(18)13-4-3-12-8(17)5-1-2-6(16)15-14-5/h1-2,7H,3-4H2,(H,12,17)(H,13,18)(H,15,16). The molecule has 0 aliphatic heterocycles. The predicted octanol–water partition coefficient (Wildman–Crippen LogP) is -0.580. The fourth-order valence-corrected chi connectivity index (χ4v) is 1.15. The number of carbonyl (C=O) groups is 2. The molecule has 0 unspecified atom stereocenters. The van der Waals surface area contributed by atoms with Crippen LogP contribution in [0, 0.1) is 0 Å². The smallest absolute Gasteiger partial charge is 0.271 e. The van der Waals surface area contributed by atoms with Crippen molar-refractivity contribution in [2.75, 3.05) is 13.1 Å². The number of aromatic nitrogens is 2. The highest BCUT2D eigenvalue weighted by Gasteiger charge is 2.10. The van der Waals surface area contributed by atoms with Gasteiger partial charge in [0.2, 0.25) is 0 Å². The Morgan fingerprint density at radius 1 is 1.28 bits per heavy atom. The number of hydrogen-bond acceptors (Lipinski definition) is 4. The first-order valence-corrected chi connectivity index (χ1v) is 5.78. The molecule has 2 amide bonds. The van der Waals surface area contributed by atoms with Gasteiger partial charge < -0.3 is 10.6 Å². The molecule has 0 saturated heterocycles. The van der Waals surface area contributed by atoms with Crippen LogP contribution in [-0.2, 0) is 4.79 Å². The van der Waals surface area contributed by atoms with Gasteiger partial charge in [0.05, 0.1) is 0 Å². The summed E-state index contributed by atoms with van der Waals surface area (Å²) in [5, 5.41) is 10.6. The summed E-state index contributed by atoms with van der Waals surface area (Å²) in [6, 6.07) is 2.48. The number of H-pyrrole nitrogens is 1. The van der Waals surface area contributed by atoms with Crippen LogP contribution >= 0.6 is 23.2 Å². The molecule has 98 valence electrons. The largest absolute Gasteiger partial charge is 0.352 e. The van der Waals surface area contributed by atoms with E-state index in [2.05, 4.69) is 20.8 Å². The summed E-state index contributed by atoms with van der Waals surface area (Å²) >= 11 is 10.6. The van der Waals surface area contributed by atoms with E-state index in [0.717, 1.165) is 0 Å². The van der Waals surface area contributed by atoms with Crippen LogP contribution in [0.1, 0.15) is 10.5 Å². The normalized spacial score (nSPS) is 10.2. The Balaban J connectivity index is 2.32. The topological polar surface area (TPSA) is 104 Å². The molecule has 0 radical (unpaired) electrons. The summed E-state index contributed by atoms with van der Waals surface area (Å²) in [5.41, 5.74) is -0.317. The molecule has 18 heavy (non-hydrogen) atoms. The van der Waals surface area contributed by atoms with Crippen molar-refractivity contribution in [3.8, 4) is 0 Å². The van der Waals surface area contributed by atoms with Crippen LogP contribution in [0.3, 0.4) is 0 Å². The number of amides is 2. The zero-order valence-electron chi connectivity index (χ0n) is 9.07. The molecule has 0 atom stereocenters. The van der Waals surface area contributed by atoms with E-state index < -0.39 is 22.2 Å². The minimum atomic E-state index is -1.14. The molecule has 0 bridgehead atoms. The van der Waals surface area contributed by atoms with Crippen LogP contribution in [0.15, 0.2) is 16.9 Å². The highest BCUT2D eigenvalue weighted by Crippen LogP contribution is 1.99. The maximum absolute atomic E-state index is 11.5. The van der Waals surface area contributed by atoms with E-state index in [4.69, 9.17) is 23.2 Å². The SMILES string of the molecule is O=C(NCCNC(=O)C(Cl)Cl)c1ccc(=O)[nH]n1. The lowest BCUT2D eigenvalue weighted by atomic mass is 10.3. The van der Waals surface area contributed by atoms with Crippen molar-refractivity contribution in [3.05, 3.63) is 28.2 Å². The summed E-state index contributed by atoms with van der Waals surface area (Å²) in [7, 11) is 0. The van der Waals surface area contributed by atoms with Gasteiger partial charge in [-0.2, -0.15) is 5.10 Å². The second-order valence-electron chi connectivity index (χ2n) is 3.15. The highest BCUT2D eigenvalue weighted by atomic mass is 35.5. The molecule has 1 rings (SSSR count). The van der Waals surface area contributed by atoms with E-state index >= 15 is 0 Å². The fourth-order valence-electron chi connectivity index (χ4n) is 1.00. The summed E-state index contributed by atoms with van der Waals surface area (Å²) in [6.07, 6.45) is 0. The van der Waals surface area contributed by atoms with Gasteiger partial charge in [-0.3, -0.25) is 14.4 Å². The van der Waals surface area contributed by atoms with Crippen LogP contribution in [0.2, 0.25) is 0 Å². The van der Waals surface area contributed by atoms with Crippen LogP contribution in [0.4, 0.5) is 0 Å². The van der Waals surface area contributed by atoms with E-state index in [0.29, 0.717) is 0 Å². The molecule has 0 aliphatic carbocycles. The molecule has 0 spiro atoms. The Hall–Kier alpha value is -1.60. The summed E-state index contributed by atoms with van der Waals surface area (Å²) in [6.45, 7) is 0.371. The maximum atomic E-state index is 11.5. The van der Waals surface area contributed by atoms with Crippen molar-refractivity contribution in [1.29, 1.82) is 0 Å². The molecule has 7 nitrogen and oxygen atoms in total. The van der Waals surface area contributed by atoms with Crippen LogP contribution in [-0.4, -0.2) is 39.9 Å². The minimum absolute atomic E-state index is 0.0773. The zero-order valence-corrected chi connectivity index (χ0v) is 10.6. The van der Waals surface area contributed by atoms with Crippen LogP contribution in [0.5, 0.6) is 0 Å². The maximum Gasteiger partial charge on any atom is 0.271 e. The number of carbonyl (C=O) groups excluding carboxylic acids is 2. The summed E-state index contributed by atoms with van der Waals surface area (Å²) in [4.78, 5) is 32.0. The van der Waals surface area contributed by atoms with Crippen molar-refractivity contribution >= 4 is 35.0 Å². The van der Waals surface area contributed by atoms with Crippen molar-refractivity contribution in [3.63, 3.8) is 0 Å². The van der Waals surface area contributed by atoms with E-state index in [1.54, 1.807) is 0 Å². The van der Waals surface area contributed by atoms with Crippen molar-refractivity contribution in [2.24, 2.45) is 0 Å². The van der Waals surface area contributed by atoms with Gasteiger partial charge in [-0.05, 0) is 6.07 Å². The van der Waals surface area contributed by atoms with Crippen LogP contribution in [0.25, 0.3) is 0 Å². The molecular formula is C9H10Cl2N4O3. The summed E-state index contributed by atoms with van der Waals surface area (Å²) in [5.74, 6) is -0.997. The molecule has 1 aromatic rings. The fraction of sp³-hybridized carbons (Fsp3) is 0.333. The third-order valence-electron chi connectivity index (χ3n) is 1.82. The Morgan fingerprint density at radius 3 is 2.50 bits per heavy atom. The average molecular weight is 293 g/mol. The molecule has 0 fully saturated rings. The number of halogens is 2. The molecular weight excluding hydrogens is 283 g/mol.